The molecule has 112 valence electrons. The van der Waals surface area contributed by atoms with Gasteiger partial charge in [-0.25, -0.2) is 18.4 Å². The summed E-state index contributed by atoms with van der Waals surface area (Å²) in [5.41, 5.74) is 0. The second-order valence-corrected chi connectivity index (χ2v) is 6.57. The first kappa shape index (κ1) is 15.5. The van der Waals surface area contributed by atoms with Crippen molar-refractivity contribution >= 4 is 33.3 Å². The van der Waals surface area contributed by atoms with Gasteiger partial charge in [0.15, 0.2) is 0 Å². The fraction of sp³-hybridized carbons (Fsp3) is 0.231. The summed E-state index contributed by atoms with van der Waals surface area (Å²) in [4.78, 5) is 8.08. The highest BCUT2D eigenvalue weighted by Crippen LogP contribution is 2.25. The first-order valence-corrected chi connectivity index (χ1v) is 8.08. The third-order valence-corrected chi connectivity index (χ3v) is 4.81. The van der Waals surface area contributed by atoms with Gasteiger partial charge in [-0.1, -0.05) is 17.7 Å². The Morgan fingerprint density at radius 2 is 2.10 bits per heavy atom. The van der Waals surface area contributed by atoms with Crippen molar-refractivity contribution in [1.29, 1.82) is 0 Å². The quantitative estimate of drug-likeness (QED) is 0.913. The van der Waals surface area contributed by atoms with Crippen molar-refractivity contribution in [2.24, 2.45) is 0 Å². The lowest BCUT2D eigenvalue weighted by Crippen LogP contribution is -2.27. The molecule has 0 aliphatic heterocycles. The molecule has 0 unspecified atom stereocenters. The van der Waals surface area contributed by atoms with Gasteiger partial charge in [0.2, 0.25) is 0 Å². The predicted octanol–water partition coefficient (Wildman–Crippen LogP) is 2.39. The molecule has 0 bridgehead atoms. The van der Waals surface area contributed by atoms with E-state index in [-0.39, 0.29) is 9.92 Å². The minimum atomic E-state index is -3.75. The van der Waals surface area contributed by atoms with E-state index in [1.165, 1.54) is 25.5 Å². The smallest absolute Gasteiger partial charge is 0.266 e. The molecule has 0 aromatic carbocycles. The zero-order chi connectivity index (χ0) is 15.5. The van der Waals surface area contributed by atoms with Gasteiger partial charge in [-0.3, -0.25) is 4.31 Å². The van der Waals surface area contributed by atoms with E-state index in [1.54, 1.807) is 18.2 Å². The highest BCUT2D eigenvalue weighted by atomic mass is 35.5. The van der Waals surface area contributed by atoms with Gasteiger partial charge in [0.1, 0.15) is 16.5 Å². The Morgan fingerprint density at radius 1 is 1.33 bits per heavy atom. The van der Waals surface area contributed by atoms with Crippen molar-refractivity contribution in [1.82, 2.24) is 9.97 Å². The lowest BCUT2D eigenvalue weighted by molar-refractivity contribution is 0.593. The normalized spacial score (nSPS) is 11.2. The van der Waals surface area contributed by atoms with Gasteiger partial charge < -0.3 is 5.32 Å². The number of anilines is 2. The minimum absolute atomic E-state index is 0.0160. The van der Waals surface area contributed by atoms with Gasteiger partial charge >= 0.3 is 0 Å². The monoisotopic (exact) mass is 326 g/mol. The average Bonchev–Trinajstić information content (AvgIpc) is 2.49. The van der Waals surface area contributed by atoms with Crippen LogP contribution in [0.3, 0.4) is 0 Å². The Balaban J connectivity index is 2.38. The van der Waals surface area contributed by atoms with Gasteiger partial charge in [0.25, 0.3) is 10.0 Å². The number of hydrogen-bond acceptors (Lipinski definition) is 5. The fourth-order valence-corrected chi connectivity index (χ4v) is 3.10. The number of nitrogens with one attached hydrogen (secondary N) is 1. The summed E-state index contributed by atoms with van der Waals surface area (Å²) in [6.07, 6.45) is 2.81. The Morgan fingerprint density at radius 3 is 2.67 bits per heavy atom. The molecular weight excluding hydrogens is 312 g/mol. The van der Waals surface area contributed by atoms with E-state index in [0.29, 0.717) is 18.2 Å². The third-order valence-electron chi connectivity index (χ3n) is 2.79. The molecule has 0 aliphatic rings. The molecule has 6 nitrogen and oxygen atoms in total. The van der Waals surface area contributed by atoms with Gasteiger partial charge in [-0.2, -0.15) is 0 Å². The second-order valence-electron chi connectivity index (χ2n) is 4.19. The average molecular weight is 327 g/mol. The lowest BCUT2D eigenvalue weighted by Gasteiger charge is -2.18. The topological polar surface area (TPSA) is 75.2 Å². The molecule has 0 aliphatic carbocycles. The first-order valence-electron chi connectivity index (χ1n) is 6.26. The van der Waals surface area contributed by atoms with Crippen molar-refractivity contribution in [3.05, 3.63) is 41.7 Å². The molecule has 0 spiro atoms. The molecule has 0 saturated heterocycles. The van der Waals surface area contributed by atoms with Crippen LogP contribution in [-0.4, -0.2) is 32.0 Å². The minimum Gasteiger partial charge on any atom is -0.369 e. The van der Waals surface area contributed by atoms with Crippen LogP contribution in [0.1, 0.15) is 6.92 Å². The van der Waals surface area contributed by atoms with E-state index < -0.39 is 10.0 Å². The van der Waals surface area contributed by atoms with Crippen LogP contribution in [0.2, 0.25) is 5.02 Å². The maximum atomic E-state index is 12.5. The molecule has 8 heteroatoms. The second kappa shape index (κ2) is 6.28. The number of pyridine rings is 2. The Labute approximate surface area is 128 Å². The molecule has 2 heterocycles. The Bertz CT molecular complexity index is 722. The van der Waals surface area contributed by atoms with Crippen molar-refractivity contribution in [2.75, 3.05) is 23.2 Å². The molecule has 0 saturated carbocycles. The number of nitrogens with zero attached hydrogens (tertiary/aromatic N) is 3. The number of halogens is 1. The summed E-state index contributed by atoms with van der Waals surface area (Å²) in [6.45, 7) is 2.55. The molecule has 2 rings (SSSR count). The Hall–Kier alpha value is -1.86. The lowest BCUT2D eigenvalue weighted by atomic mass is 10.4. The molecule has 1 N–H and O–H groups in total. The standard InChI is InChI=1S/C13H15ClN4O2S/c1-3-15-13-11(14)8-10(9-17-13)21(19,20)18(2)12-6-4-5-7-16-12/h4-9H,3H2,1-2H3,(H,15,17). The fourth-order valence-electron chi connectivity index (χ4n) is 1.68. The van der Waals surface area contributed by atoms with Crippen molar-refractivity contribution < 1.29 is 8.42 Å². The molecule has 2 aromatic rings. The van der Waals surface area contributed by atoms with E-state index in [9.17, 15) is 8.42 Å². The van der Waals surface area contributed by atoms with Crippen LogP contribution in [0.4, 0.5) is 11.6 Å². The van der Waals surface area contributed by atoms with Crippen molar-refractivity contribution in [2.45, 2.75) is 11.8 Å². The number of hydrogen-bond donors (Lipinski definition) is 1. The van der Waals surface area contributed by atoms with Crippen LogP contribution >= 0.6 is 11.6 Å². The van der Waals surface area contributed by atoms with Gasteiger partial charge in [0, 0.05) is 26.0 Å². The zero-order valence-electron chi connectivity index (χ0n) is 11.6. The van der Waals surface area contributed by atoms with E-state index in [1.807, 2.05) is 6.92 Å². The first-order chi connectivity index (χ1) is 9.96. The molecule has 0 atom stereocenters. The number of aromatic nitrogens is 2. The van der Waals surface area contributed by atoms with E-state index in [4.69, 9.17) is 11.6 Å². The van der Waals surface area contributed by atoms with Crippen molar-refractivity contribution in [3.8, 4) is 0 Å². The van der Waals surface area contributed by atoms with Gasteiger partial charge in [-0.05, 0) is 25.1 Å². The van der Waals surface area contributed by atoms with Crippen LogP contribution in [0.25, 0.3) is 0 Å². The molecule has 21 heavy (non-hydrogen) atoms. The van der Waals surface area contributed by atoms with Crippen LogP contribution in [0.5, 0.6) is 0 Å². The summed E-state index contributed by atoms with van der Waals surface area (Å²) >= 11 is 6.04. The van der Waals surface area contributed by atoms with Gasteiger partial charge in [0.05, 0.1) is 5.02 Å². The molecule has 0 fully saturated rings. The van der Waals surface area contributed by atoms with Crippen LogP contribution in [-0.2, 0) is 10.0 Å². The molecule has 2 aromatic heterocycles. The van der Waals surface area contributed by atoms with Crippen LogP contribution in [0.15, 0.2) is 41.6 Å². The number of rotatable bonds is 5. The molecule has 0 radical (unpaired) electrons. The SMILES string of the molecule is CCNc1ncc(S(=O)(=O)N(C)c2ccccn2)cc1Cl. The zero-order valence-corrected chi connectivity index (χ0v) is 13.2. The highest BCUT2D eigenvalue weighted by Gasteiger charge is 2.23. The Kier molecular flexibility index (Phi) is 4.64. The maximum absolute atomic E-state index is 12.5. The van der Waals surface area contributed by atoms with E-state index in [2.05, 4.69) is 15.3 Å². The van der Waals surface area contributed by atoms with Crippen molar-refractivity contribution in [3.63, 3.8) is 0 Å². The number of sulfonamides is 1. The summed E-state index contributed by atoms with van der Waals surface area (Å²) < 4.78 is 26.1. The van der Waals surface area contributed by atoms with E-state index >= 15 is 0 Å². The molecular formula is C13H15ClN4O2S. The summed E-state index contributed by atoms with van der Waals surface area (Å²) in [5.74, 6) is 0.781. The third kappa shape index (κ3) is 3.25. The summed E-state index contributed by atoms with van der Waals surface area (Å²) in [5, 5.41) is 3.21. The predicted molar refractivity (Wildman–Crippen MR) is 83.2 cm³/mol. The van der Waals surface area contributed by atoms with E-state index in [0.717, 1.165) is 4.31 Å². The van der Waals surface area contributed by atoms with Gasteiger partial charge in [-0.15, -0.1) is 0 Å². The summed E-state index contributed by atoms with van der Waals surface area (Å²) in [6, 6.07) is 6.42. The summed E-state index contributed by atoms with van der Waals surface area (Å²) in [7, 11) is -2.32. The maximum Gasteiger partial charge on any atom is 0.266 e. The molecule has 0 amide bonds. The largest absolute Gasteiger partial charge is 0.369 e. The highest BCUT2D eigenvalue weighted by molar-refractivity contribution is 7.92. The van der Waals surface area contributed by atoms with Crippen LogP contribution < -0.4 is 9.62 Å². The van der Waals surface area contributed by atoms with Crippen LogP contribution in [0, 0.1) is 0 Å².